The topological polar surface area (TPSA) is 83.6 Å². The second kappa shape index (κ2) is 8.87. The SMILES string of the molecule is CC1CCN(C(=O)c2ccc(NC(=O)CCS(=O)(=O)c3cccs3)cc2)CC1. The van der Waals surface area contributed by atoms with Gasteiger partial charge < -0.3 is 10.2 Å². The third-order valence-corrected chi connectivity index (χ3v) is 8.09. The average Bonchev–Trinajstić information content (AvgIpc) is 3.23. The number of sulfone groups is 1. The molecule has 2 aromatic rings. The predicted molar refractivity (Wildman–Crippen MR) is 110 cm³/mol. The lowest BCUT2D eigenvalue weighted by Crippen LogP contribution is -2.37. The molecule has 2 amide bonds. The first-order chi connectivity index (χ1) is 13.3. The maximum absolute atomic E-state index is 12.5. The fourth-order valence-corrected chi connectivity index (χ4v) is 5.47. The van der Waals surface area contributed by atoms with Gasteiger partial charge in [-0.1, -0.05) is 13.0 Å². The quantitative estimate of drug-likeness (QED) is 0.776. The van der Waals surface area contributed by atoms with Crippen LogP contribution < -0.4 is 5.32 Å². The summed E-state index contributed by atoms with van der Waals surface area (Å²) >= 11 is 1.15. The second-order valence-corrected chi connectivity index (χ2v) is 10.4. The van der Waals surface area contributed by atoms with Gasteiger partial charge in [0.25, 0.3) is 5.91 Å². The molecule has 6 nitrogen and oxygen atoms in total. The Labute approximate surface area is 169 Å². The average molecular weight is 421 g/mol. The van der Waals surface area contributed by atoms with E-state index in [4.69, 9.17) is 0 Å². The molecule has 2 heterocycles. The van der Waals surface area contributed by atoms with Crippen molar-refractivity contribution in [2.24, 2.45) is 5.92 Å². The highest BCUT2D eigenvalue weighted by Gasteiger charge is 2.21. The van der Waals surface area contributed by atoms with Crippen molar-refractivity contribution < 1.29 is 18.0 Å². The van der Waals surface area contributed by atoms with E-state index in [9.17, 15) is 18.0 Å². The first-order valence-corrected chi connectivity index (χ1v) is 11.8. The van der Waals surface area contributed by atoms with Crippen molar-refractivity contribution in [1.82, 2.24) is 4.90 Å². The van der Waals surface area contributed by atoms with Crippen LogP contribution in [0, 0.1) is 5.92 Å². The second-order valence-electron chi connectivity index (χ2n) is 7.10. The van der Waals surface area contributed by atoms with Gasteiger partial charge in [-0.3, -0.25) is 9.59 Å². The maximum atomic E-state index is 12.5. The van der Waals surface area contributed by atoms with Gasteiger partial charge in [-0.15, -0.1) is 11.3 Å². The van der Waals surface area contributed by atoms with Gasteiger partial charge in [0.15, 0.2) is 9.84 Å². The number of thiophene rings is 1. The van der Waals surface area contributed by atoms with Crippen LogP contribution in [0.25, 0.3) is 0 Å². The van der Waals surface area contributed by atoms with Gasteiger partial charge in [-0.2, -0.15) is 0 Å². The minimum absolute atomic E-state index is 0.00631. The largest absolute Gasteiger partial charge is 0.339 e. The molecular weight excluding hydrogens is 396 g/mol. The Morgan fingerprint density at radius 3 is 2.43 bits per heavy atom. The van der Waals surface area contributed by atoms with Crippen molar-refractivity contribution in [2.75, 3.05) is 24.2 Å². The Balaban J connectivity index is 1.52. The molecule has 1 N–H and O–H groups in total. The van der Waals surface area contributed by atoms with E-state index in [0.717, 1.165) is 37.3 Å². The molecule has 0 radical (unpaired) electrons. The van der Waals surface area contributed by atoms with E-state index in [1.165, 1.54) is 6.07 Å². The number of nitrogens with one attached hydrogen (secondary N) is 1. The molecule has 3 rings (SSSR count). The van der Waals surface area contributed by atoms with Crippen molar-refractivity contribution in [3.8, 4) is 0 Å². The van der Waals surface area contributed by atoms with E-state index in [0.29, 0.717) is 17.2 Å². The van der Waals surface area contributed by atoms with Crippen LogP contribution in [0.15, 0.2) is 46.0 Å². The minimum Gasteiger partial charge on any atom is -0.339 e. The number of anilines is 1. The standard InChI is InChI=1S/C20H24N2O4S2/c1-15-8-11-22(12-9-15)20(24)16-4-6-17(7-5-16)21-18(23)10-14-28(25,26)19-3-2-13-27-19/h2-7,13,15H,8-12,14H2,1H3,(H,21,23). The predicted octanol–water partition coefficient (Wildman–Crippen LogP) is 3.42. The Hall–Kier alpha value is -2.19. The van der Waals surface area contributed by atoms with Crippen molar-refractivity contribution >= 4 is 38.7 Å². The van der Waals surface area contributed by atoms with Crippen LogP contribution in [0.1, 0.15) is 36.5 Å². The van der Waals surface area contributed by atoms with E-state index in [1.54, 1.807) is 35.7 Å². The fraction of sp³-hybridized carbons (Fsp3) is 0.400. The van der Waals surface area contributed by atoms with Gasteiger partial charge in [-0.25, -0.2) is 8.42 Å². The van der Waals surface area contributed by atoms with E-state index < -0.39 is 9.84 Å². The number of amides is 2. The number of likely N-dealkylation sites (tertiary alicyclic amines) is 1. The lowest BCUT2D eigenvalue weighted by Gasteiger charge is -2.30. The van der Waals surface area contributed by atoms with Crippen LogP contribution in [0.2, 0.25) is 0 Å². The number of hydrogen-bond donors (Lipinski definition) is 1. The lowest BCUT2D eigenvalue weighted by molar-refractivity contribution is -0.115. The zero-order chi connectivity index (χ0) is 20.1. The van der Waals surface area contributed by atoms with E-state index in [1.807, 2.05) is 4.90 Å². The van der Waals surface area contributed by atoms with Gasteiger partial charge in [0.2, 0.25) is 5.91 Å². The van der Waals surface area contributed by atoms with Crippen LogP contribution in [0.3, 0.4) is 0 Å². The molecule has 0 spiro atoms. The molecule has 8 heteroatoms. The van der Waals surface area contributed by atoms with Gasteiger partial charge in [0, 0.05) is 30.8 Å². The molecule has 1 aromatic carbocycles. The number of nitrogens with zero attached hydrogens (tertiary/aromatic N) is 1. The number of carbonyl (C=O) groups is 2. The maximum Gasteiger partial charge on any atom is 0.253 e. The Morgan fingerprint density at radius 1 is 1.14 bits per heavy atom. The van der Waals surface area contributed by atoms with Crippen molar-refractivity contribution in [2.45, 2.75) is 30.4 Å². The molecule has 0 bridgehead atoms. The smallest absolute Gasteiger partial charge is 0.253 e. The monoisotopic (exact) mass is 420 g/mol. The van der Waals surface area contributed by atoms with Crippen molar-refractivity contribution in [1.29, 1.82) is 0 Å². The summed E-state index contributed by atoms with van der Waals surface area (Å²) < 4.78 is 24.5. The first kappa shape index (κ1) is 20.5. The minimum atomic E-state index is -3.43. The van der Waals surface area contributed by atoms with Gasteiger partial charge >= 0.3 is 0 Å². The lowest BCUT2D eigenvalue weighted by atomic mass is 9.98. The fourth-order valence-electron chi connectivity index (χ4n) is 3.08. The van der Waals surface area contributed by atoms with Crippen LogP contribution in [0.4, 0.5) is 5.69 Å². The van der Waals surface area contributed by atoms with Crippen LogP contribution in [0.5, 0.6) is 0 Å². The Morgan fingerprint density at radius 2 is 1.82 bits per heavy atom. The molecule has 1 aliphatic rings. The normalized spacial score (nSPS) is 15.4. The van der Waals surface area contributed by atoms with E-state index in [-0.39, 0.29) is 28.2 Å². The van der Waals surface area contributed by atoms with Gasteiger partial charge in [-0.05, 0) is 54.5 Å². The van der Waals surface area contributed by atoms with Crippen molar-refractivity contribution in [3.63, 3.8) is 0 Å². The number of piperidine rings is 1. The highest BCUT2D eigenvalue weighted by Crippen LogP contribution is 2.20. The molecule has 150 valence electrons. The molecule has 0 unspecified atom stereocenters. The van der Waals surface area contributed by atoms with E-state index >= 15 is 0 Å². The number of carbonyl (C=O) groups excluding carboxylic acids is 2. The summed E-state index contributed by atoms with van der Waals surface area (Å²) in [4.78, 5) is 26.5. The molecular formula is C20H24N2O4S2. The molecule has 0 atom stereocenters. The number of benzene rings is 1. The van der Waals surface area contributed by atoms with Crippen molar-refractivity contribution in [3.05, 3.63) is 47.3 Å². The molecule has 1 saturated heterocycles. The summed E-state index contributed by atoms with van der Waals surface area (Å²) in [6.07, 6.45) is 1.93. The number of rotatable bonds is 6. The number of hydrogen-bond acceptors (Lipinski definition) is 5. The molecule has 28 heavy (non-hydrogen) atoms. The molecule has 0 aliphatic carbocycles. The highest BCUT2D eigenvalue weighted by atomic mass is 32.2. The van der Waals surface area contributed by atoms with E-state index in [2.05, 4.69) is 12.2 Å². The summed E-state index contributed by atoms with van der Waals surface area (Å²) in [6.45, 7) is 3.75. The molecule has 0 saturated carbocycles. The summed E-state index contributed by atoms with van der Waals surface area (Å²) in [5.74, 6) is 0.0600. The van der Waals surface area contributed by atoms with Crippen LogP contribution >= 0.6 is 11.3 Å². The summed E-state index contributed by atoms with van der Waals surface area (Å²) in [6, 6.07) is 9.94. The van der Waals surface area contributed by atoms with Gasteiger partial charge in [0.05, 0.1) is 5.75 Å². The van der Waals surface area contributed by atoms with Crippen LogP contribution in [-0.4, -0.2) is 44.0 Å². The zero-order valence-corrected chi connectivity index (χ0v) is 17.4. The highest BCUT2D eigenvalue weighted by molar-refractivity contribution is 7.93. The van der Waals surface area contributed by atoms with Gasteiger partial charge in [0.1, 0.15) is 4.21 Å². The third kappa shape index (κ3) is 5.20. The molecule has 1 aliphatic heterocycles. The summed E-state index contributed by atoms with van der Waals surface area (Å²) in [5, 5.41) is 4.38. The zero-order valence-electron chi connectivity index (χ0n) is 15.8. The first-order valence-electron chi connectivity index (χ1n) is 9.30. The molecule has 1 fully saturated rings. The third-order valence-electron chi connectivity index (χ3n) is 4.89. The Kier molecular flexibility index (Phi) is 6.51. The summed E-state index contributed by atoms with van der Waals surface area (Å²) in [7, 11) is -3.43. The summed E-state index contributed by atoms with van der Waals surface area (Å²) in [5.41, 5.74) is 1.13. The Bertz CT molecular complexity index is 914. The van der Waals surface area contributed by atoms with Crippen LogP contribution in [-0.2, 0) is 14.6 Å². The molecule has 1 aromatic heterocycles.